The van der Waals surface area contributed by atoms with E-state index in [9.17, 15) is 19.2 Å². The number of aromatic amines is 1. The molecule has 0 bridgehead atoms. The quantitative estimate of drug-likeness (QED) is 0.425. The van der Waals surface area contributed by atoms with Crippen molar-refractivity contribution in [2.45, 2.75) is 25.3 Å². The Bertz CT molecular complexity index is 1010. The molecule has 1 aliphatic heterocycles. The summed E-state index contributed by atoms with van der Waals surface area (Å²) >= 11 is 0. The van der Waals surface area contributed by atoms with Gasteiger partial charge in [0.2, 0.25) is 17.7 Å². The van der Waals surface area contributed by atoms with Gasteiger partial charge in [-0.15, -0.1) is 0 Å². The third-order valence-electron chi connectivity index (χ3n) is 5.82. The summed E-state index contributed by atoms with van der Waals surface area (Å²) in [6.07, 6.45) is 6.82. The van der Waals surface area contributed by atoms with Gasteiger partial charge >= 0.3 is 5.97 Å². The van der Waals surface area contributed by atoms with Gasteiger partial charge in [-0.2, -0.15) is 0 Å². The van der Waals surface area contributed by atoms with E-state index in [0.29, 0.717) is 12.8 Å². The van der Waals surface area contributed by atoms with Crippen LogP contribution >= 0.6 is 0 Å². The number of methoxy groups -OCH3 is 1. The number of H-pyrrole nitrogens is 1. The molecule has 0 radical (unpaired) electrons. The Morgan fingerprint density at radius 3 is 2.50 bits per heavy atom. The Morgan fingerprint density at radius 1 is 1.17 bits per heavy atom. The highest BCUT2D eigenvalue weighted by Gasteiger charge is 2.47. The summed E-state index contributed by atoms with van der Waals surface area (Å²) in [7, 11) is 1.25. The Morgan fingerprint density at radius 2 is 1.83 bits per heavy atom. The molecule has 1 aromatic heterocycles. The van der Waals surface area contributed by atoms with Gasteiger partial charge in [0.1, 0.15) is 12.6 Å². The van der Waals surface area contributed by atoms with Gasteiger partial charge in [0.25, 0.3) is 0 Å². The molecule has 2 aromatic rings. The van der Waals surface area contributed by atoms with E-state index in [1.807, 2.05) is 36.4 Å². The minimum Gasteiger partial charge on any atom is -0.467 e. The van der Waals surface area contributed by atoms with E-state index >= 15 is 0 Å². The molecule has 4 rings (SSSR count). The van der Waals surface area contributed by atoms with E-state index in [1.165, 1.54) is 7.11 Å². The lowest BCUT2D eigenvalue weighted by Gasteiger charge is -2.19. The van der Waals surface area contributed by atoms with E-state index < -0.39 is 36.3 Å². The number of carbonyl (C=O) groups excluding carboxylic acids is 4. The molecule has 1 fully saturated rings. The number of allylic oxidation sites excluding steroid dienone is 2. The van der Waals surface area contributed by atoms with Crippen LogP contribution in [0.1, 0.15) is 18.4 Å². The predicted octanol–water partition coefficient (Wildman–Crippen LogP) is 1.32. The molecule has 3 amide bonds. The first-order chi connectivity index (χ1) is 14.5. The average Bonchev–Trinajstić information content (AvgIpc) is 3.27. The number of hydrogen-bond donors (Lipinski definition) is 2. The molecule has 2 N–H and O–H groups in total. The highest BCUT2D eigenvalue weighted by molar-refractivity contribution is 6.07. The zero-order chi connectivity index (χ0) is 21.3. The molecular weight excluding hydrogens is 386 g/mol. The zero-order valence-corrected chi connectivity index (χ0v) is 16.6. The molecule has 0 unspecified atom stereocenters. The van der Waals surface area contributed by atoms with Gasteiger partial charge in [0.15, 0.2) is 0 Å². The van der Waals surface area contributed by atoms with Gasteiger partial charge in [-0.05, 0) is 24.5 Å². The fraction of sp³-hybridized carbons (Fsp3) is 0.364. The molecule has 8 heteroatoms. The van der Waals surface area contributed by atoms with Crippen molar-refractivity contribution in [1.82, 2.24) is 15.2 Å². The fourth-order valence-corrected chi connectivity index (χ4v) is 4.26. The molecule has 30 heavy (non-hydrogen) atoms. The summed E-state index contributed by atoms with van der Waals surface area (Å²) in [5.41, 5.74) is 1.78. The SMILES string of the molecule is COC(=O)[C@H](Cc1c[nH]c2ccccc12)NC(=O)CN1C(=O)[C@H]2CC=CC[C@H]2C1=O. The monoisotopic (exact) mass is 409 g/mol. The smallest absolute Gasteiger partial charge is 0.328 e. The number of fused-ring (bicyclic) bond motifs is 2. The van der Waals surface area contributed by atoms with Crippen molar-refractivity contribution in [2.24, 2.45) is 11.8 Å². The van der Waals surface area contributed by atoms with Gasteiger partial charge in [-0.25, -0.2) is 4.79 Å². The van der Waals surface area contributed by atoms with Crippen LogP contribution in [0.25, 0.3) is 10.9 Å². The van der Waals surface area contributed by atoms with E-state index in [2.05, 4.69) is 10.3 Å². The summed E-state index contributed by atoms with van der Waals surface area (Å²) in [5, 5.41) is 3.58. The molecule has 2 aliphatic rings. The van der Waals surface area contributed by atoms with Crippen LogP contribution in [0.5, 0.6) is 0 Å². The van der Waals surface area contributed by atoms with Gasteiger partial charge < -0.3 is 15.0 Å². The van der Waals surface area contributed by atoms with E-state index in [1.54, 1.807) is 6.20 Å². The first-order valence-corrected chi connectivity index (χ1v) is 9.92. The maximum absolute atomic E-state index is 12.6. The maximum Gasteiger partial charge on any atom is 0.328 e. The number of imide groups is 1. The molecule has 8 nitrogen and oxygen atoms in total. The number of esters is 1. The number of aromatic nitrogens is 1. The molecule has 3 atom stereocenters. The van der Waals surface area contributed by atoms with Crippen LogP contribution in [0.2, 0.25) is 0 Å². The van der Waals surface area contributed by atoms with Crippen molar-refractivity contribution in [3.8, 4) is 0 Å². The molecule has 1 saturated heterocycles. The third kappa shape index (κ3) is 3.60. The summed E-state index contributed by atoms with van der Waals surface area (Å²) in [4.78, 5) is 54.2. The Kier molecular flexibility index (Phi) is 5.39. The predicted molar refractivity (Wildman–Crippen MR) is 108 cm³/mol. The Hall–Kier alpha value is -3.42. The molecule has 1 aromatic carbocycles. The summed E-state index contributed by atoms with van der Waals surface area (Å²) in [6.45, 7) is -0.397. The molecule has 2 heterocycles. The Labute approximate surface area is 173 Å². The van der Waals surface area contributed by atoms with E-state index in [4.69, 9.17) is 4.74 Å². The number of ether oxygens (including phenoxy) is 1. The highest BCUT2D eigenvalue weighted by Crippen LogP contribution is 2.34. The van der Waals surface area contributed by atoms with Crippen molar-refractivity contribution < 1.29 is 23.9 Å². The number of amides is 3. The average molecular weight is 409 g/mol. The van der Waals surface area contributed by atoms with Crippen LogP contribution in [0.4, 0.5) is 0 Å². The van der Waals surface area contributed by atoms with Crippen LogP contribution < -0.4 is 5.32 Å². The topological polar surface area (TPSA) is 109 Å². The van der Waals surface area contributed by atoms with Gasteiger partial charge in [0.05, 0.1) is 18.9 Å². The minimum atomic E-state index is -0.932. The second kappa shape index (κ2) is 8.14. The molecule has 1 aliphatic carbocycles. The van der Waals surface area contributed by atoms with Crippen LogP contribution in [0.3, 0.4) is 0 Å². The van der Waals surface area contributed by atoms with Crippen LogP contribution in [0, 0.1) is 11.8 Å². The number of para-hydroxylation sites is 1. The van der Waals surface area contributed by atoms with Crippen molar-refractivity contribution in [2.75, 3.05) is 13.7 Å². The fourth-order valence-electron chi connectivity index (χ4n) is 4.26. The number of nitrogens with zero attached hydrogens (tertiary/aromatic N) is 1. The van der Waals surface area contributed by atoms with Crippen LogP contribution in [-0.2, 0) is 30.3 Å². The summed E-state index contributed by atoms with van der Waals surface area (Å²) < 4.78 is 4.84. The van der Waals surface area contributed by atoms with Crippen LogP contribution in [0.15, 0.2) is 42.6 Å². The van der Waals surface area contributed by atoms with Gasteiger partial charge in [-0.1, -0.05) is 30.4 Å². The number of hydrogen-bond acceptors (Lipinski definition) is 5. The maximum atomic E-state index is 12.6. The van der Waals surface area contributed by atoms with E-state index in [0.717, 1.165) is 21.4 Å². The first-order valence-electron chi connectivity index (χ1n) is 9.92. The second-order valence-corrected chi connectivity index (χ2v) is 7.63. The van der Waals surface area contributed by atoms with Crippen LogP contribution in [-0.4, -0.2) is 53.3 Å². The van der Waals surface area contributed by atoms with Crippen molar-refractivity contribution in [1.29, 1.82) is 0 Å². The van der Waals surface area contributed by atoms with Crippen molar-refractivity contribution in [3.63, 3.8) is 0 Å². The first kappa shape index (κ1) is 19.9. The largest absolute Gasteiger partial charge is 0.467 e. The van der Waals surface area contributed by atoms with E-state index in [-0.39, 0.29) is 18.2 Å². The molecule has 156 valence electrons. The standard InChI is InChI=1S/C22H23N3O5/c1-30-22(29)18(10-13-11-23-17-9-5-4-6-14(13)17)24-19(26)12-25-20(27)15-7-2-3-8-16(15)21(25)28/h2-6,9,11,15-16,18,23H,7-8,10,12H2,1H3,(H,24,26)/t15-,16+,18-/m0/s1. The number of likely N-dealkylation sites (tertiary alicyclic amines) is 1. The lowest BCUT2D eigenvalue weighted by molar-refractivity contribution is -0.146. The Balaban J connectivity index is 1.46. The normalized spacial score (nSPS) is 21.6. The third-order valence-corrected chi connectivity index (χ3v) is 5.82. The van der Waals surface area contributed by atoms with Crippen molar-refractivity contribution in [3.05, 3.63) is 48.2 Å². The summed E-state index contributed by atoms with van der Waals surface area (Å²) in [6, 6.07) is 6.71. The second-order valence-electron chi connectivity index (χ2n) is 7.63. The van der Waals surface area contributed by atoms with Gasteiger partial charge in [0, 0.05) is 23.5 Å². The molecule has 0 spiro atoms. The summed E-state index contributed by atoms with van der Waals surface area (Å²) in [5.74, 6) is -2.59. The lowest BCUT2D eigenvalue weighted by Crippen LogP contribution is -2.48. The number of benzene rings is 1. The number of rotatable bonds is 6. The zero-order valence-electron chi connectivity index (χ0n) is 16.6. The lowest BCUT2D eigenvalue weighted by atomic mass is 9.85. The highest BCUT2D eigenvalue weighted by atomic mass is 16.5. The molecule has 0 saturated carbocycles. The minimum absolute atomic E-state index is 0.222. The number of nitrogens with one attached hydrogen (secondary N) is 2. The number of carbonyl (C=O) groups is 4. The molecular formula is C22H23N3O5. The van der Waals surface area contributed by atoms with Crippen molar-refractivity contribution >= 4 is 34.6 Å². The van der Waals surface area contributed by atoms with Gasteiger partial charge in [-0.3, -0.25) is 19.3 Å².